The molecule has 0 heterocycles. The maximum absolute atomic E-state index is 5.58. The first kappa shape index (κ1) is 9.66. The third-order valence-electron chi connectivity index (χ3n) is 2.03. The minimum atomic E-state index is 0.564. The van der Waals surface area contributed by atoms with E-state index in [1.807, 2.05) is 0 Å². The highest BCUT2D eigenvalue weighted by Gasteiger charge is 2.01. The number of rotatable bonds is 2. The molecule has 0 fully saturated rings. The van der Waals surface area contributed by atoms with E-state index < -0.39 is 0 Å². The second-order valence-corrected chi connectivity index (χ2v) is 3.51. The summed E-state index contributed by atoms with van der Waals surface area (Å²) in [7, 11) is 2.70. The number of aryl methyl sites for hydroxylation is 1. The zero-order valence-corrected chi connectivity index (χ0v) is 8.46. The van der Waals surface area contributed by atoms with Crippen LogP contribution in [0, 0.1) is 6.92 Å². The van der Waals surface area contributed by atoms with Gasteiger partial charge >= 0.3 is 0 Å². The fourth-order valence-corrected chi connectivity index (χ4v) is 1.50. The average molecular weight is 182 g/mol. The Morgan fingerprint density at radius 1 is 1.17 bits per heavy atom. The van der Waals surface area contributed by atoms with Gasteiger partial charge in [-0.3, -0.25) is 0 Å². The van der Waals surface area contributed by atoms with Crippen LogP contribution >= 0.6 is 9.24 Å². The van der Waals surface area contributed by atoms with Crippen LogP contribution < -0.4 is 16.8 Å². The Kier molecular flexibility index (Phi) is 3.21. The molecule has 1 atom stereocenters. The maximum atomic E-state index is 5.58. The molecule has 3 heteroatoms. The monoisotopic (exact) mass is 182 g/mol. The van der Waals surface area contributed by atoms with E-state index in [2.05, 4.69) is 28.3 Å². The van der Waals surface area contributed by atoms with Gasteiger partial charge in [0, 0.05) is 13.1 Å². The average Bonchev–Trinajstić information content (AvgIpc) is 2.09. The first-order valence-electron chi connectivity index (χ1n) is 3.97. The summed E-state index contributed by atoms with van der Waals surface area (Å²) >= 11 is 0. The molecular formula is C9H15N2P. The molecule has 2 nitrogen and oxygen atoms in total. The van der Waals surface area contributed by atoms with Crippen LogP contribution in [0.2, 0.25) is 0 Å². The largest absolute Gasteiger partial charge is 0.326 e. The Morgan fingerprint density at radius 3 is 2.17 bits per heavy atom. The van der Waals surface area contributed by atoms with Gasteiger partial charge in [-0.15, -0.1) is 9.24 Å². The van der Waals surface area contributed by atoms with Crippen molar-refractivity contribution in [3.05, 3.63) is 28.8 Å². The quantitative estimate of drug-likeness (QED) is 0.651. The predicted octanol–water partition coefficient (Wildman–Crippen LogP) is 0.413. The molecule has 66 valence electrons. The highest BCUT2D eigenvalue weighted by molar-refractivity contribution is 7.27. The predicted molar refractivity (Wildman–Crippen MR) is 56.3 cm³/mol. The summed E-state index contributed by atoms with van der Waals surface area (Å²) in [6.07, 6.45) is 0. The molecule has 0 aromatic heterocycles. The van der Waals surface area contributed by atoms with Gasteiger partial charge in [0.2, 0.25) is 0 Å². The summed E-state index contributed by atoms with van der Waals surface area (Å²) in [6, 6.07) is 4.19. The zero-order valence-electron chi connectivity index (χ0n) is 7.30. The molecule has 1 unspecified atom stereocenters. The lowest BCUT2D eigenvalue weighted by Gasteiger charge is -2.09. The van der Waals surface area contributed by atoms with Crippen molar-refractivity contribution in [1.82, 2.24) is 0 Å². The first-order chi connectivity index (χ1) is 5.69. The molecule has 1 aromatic carbocycles. The Morgan fingerprint density at radius 2 is 1.67 bits per heavy atom. The van der Waals surface area contributed by atoms with Gasteiger partial charge in [0.05, 0.1) is 0 Å². The highest BCUT2D eigenvalue weighted by atomic mass is 31.0. The van der Waals surface area contributed by atoms with Crippen LogP contribution in [-0.4, -0.2) is 0 Å². The third kappa shape index (κ3) is 1.84. The molecule has 0 aliphatic carbocycles. The van der Waals surface area contributed by atoms with Crippen LogP contribution in [0.1, 0.15) is 16.7 Å². The van der Waals surface area contributed by atoms with Crippen molar-refractivity contribution in [2.24, 2.45) is 11.5 Å². The summed E-state index contributed by atoms with van der Waals surface area (Å²) in [5.41, 5.74) is 14.7. The summed E-state index contributed by atoms with van der Waals surface area (Å²) in [5, 5.41) is 1.20. The molecule has 12 heavy (non-hydrogen) atoms. The molecule has 1 aromatic rings. The van der Waals surface area contributed by atoms with Gasteiger partial charge in [-0.2, -0.15) is 0 Å². The van der Waals surface area contributed by atoms with Crippen molar-refractivity contribution in [3.8, 4) is 0 Å². The van der Waals surface area contributed by atoms with Gasteiger partial charge in [-0.05, 0) is 35.0 Å². The molecule has 0 aliphatic heterocycles. The highest BCUT2D eigenvalue weighted by Crippen LogP contribution is 2.10. The van der Waals surface area contributed by atoms with Crippen molar-refractivity contribution in [1.29, 1.82) is 0 Å². The third-order valence-corrected chi connectivity index (χ3v) is 2.65. The summed E-state index contributed by atoms with van der Waals surface area (Å²) in [5.74, 6) is 0. The van der Waals surface area contributed by atoms with Gasteiger partial charge in [0.15, 0.2) is 0 Å². The summed E-state index contributed by atoms with van der Waals surface area (Å²) < 4.78 is 0. The van der Waals surface area contributed by atoms with E-state index in [4.69, 9.17) is 11.5 Å². The lowest BCUT2D eigenvalue weighted by Crippen LogP contribution is -2.10. The molecule has 1 rings (SSSR count). The lowest BCUT2D eigenvalue weighted by atomic mass is 10.0. The Bertz CT molecular complexity index is 255. The van der Waals surface area contributed by atoms with Gasteiger partial charge in [0.25, 0.3) is 0 Å². The van der Waals surface area contributed by atoms with E-state index >= 15 is 0 Å². The van der Waals surface area contributed by atoms with Crippen LogP contribution in [0.25, 0.3) is 0 Å². The molecule has 0 saturated carbocycles. The number of benzene rings is 1. The molecule has 0 spiro atoms. The van der Waals surface area contributed by atoms with E-state index in [-0.39, 0.29) is 0 Å². The normalized spacial score (nSPS) is 10.3. The van der Waals surface area contributed by atoms with Crippen LogP contribution in [0.5, 0.6) is 0 Å². The summed E-state index contributed by atoms with van der Waals surface area (Å²) in [4.78, 5) is 0. The molecule has 4 N–H and O–H groups in total. The minimum absolute atomic E-state index is 0.564. The number of nitrogens with two attached hydrogens (primary N) is 2. The topological polar surface area (TPSA) is 52.0 Å². The van der Waals surface area contributed by atoms with Crippen LogP contribution in [0.15, 0.2) is 12.1 Å². The second-order valence-electron chi connectivity index (χ2n) is 2.89. The number of hydrogen-bond donors (Lipinski definition) is 2. The second kappa shape index (κ2) is 3.99. The lowest BCUT2D eigenvalue weighted by molar-refractivity contribution is 0.979. The minimum Gasteiger partial charge on any atom is -0.326 e. The molecule has 0 amide bonds. The van der Waals surface area contributed by atoms with Gasteiger partial charge in [0.1, 0.15) is 0 Å². The summed E-state index contributed by atoms with van der Waals surface area (Å²) in [6.45, 7) is 3.20. The van der Waals surface area contributed by atoms with E-state index in [0.717, 1.165) is 11.1 Å². The molecule has 0 radical (unpaired) electrons. The Hall–Kier alpha value is -0.430. The van der Waals surface area contributed by atoms with Gasteiger partial charge in [-0.25, -0.2) is 0 Å². The Balaban J connectivity index is 3.19. The maximum Gasteiger partial charge on any atom is 0.0181 e. The number of hydrogen-bond acceptors (Lipinski definition) is 2. The van der Waals surface area contributed by atoms with Crippen molar-refractivity contribution in [2.45, 2.75) is 20.0 Å². The molecule has 0 saturated heterocycles. The van der Waals surface area contributed by atoms with Crippen LogP contribution in [-0.2, 0) is 13.1 Å². The van der Waals surface area contributed by atoms with Gasteiger partial charge in [-0.1, -0.05) is 6.07 Å². The molecule has 0 bridgehead atoms. The van der Waals surface area contributed by atoms with Crippen molar-refractivity contribution in [3.63, 3.8) is 0 Å². The van der Waals surface area contributed by atoms with Crippen LogP contribution in [0.3, 0.4) is 0 Å². The SMILES string of the molecule is Cc1cc(CN)c(CN)cc1P. The van der Waals surface area contributed by atoms with Crippen molar-refractivity contribution < 1.29 is 0 Å². The standard InChI is InChI=1S/C9H15N2P/c1-6-2-7(4-10)8(5-11)3-9(6)12/h2-3H,4-5,10-12H2,1H3. The van der Waals surface area contributed by atoms with Crippen molar-refractivity contribution >= 4 is 14.5 Å². The fourth-order valence-electron chi connectivity index (χ4n) is 1.21. The molecular weight excluding hydrogens is 167 g/mol. The Labute approximate surface area is 75.5 Å². The first-order valence-corrected chi connectivity index (χ1v) is 4.54. The van der Waals surface area contributed by atoms with E-state index in [0.29, 0.717) is 13.1 Å². The van der Waals surface area contributed by atoms with E-state index in [1.54, 1.807) is 0 Å². The smallest absolute Gasteiger partial charge is 0.0181 e. The fraction of sp³-hybridized carbons (Fsp3) is 0.333. The van der Waals surface area contributed by atoms with Gasteiger partial charge < -0.3 is 11.5 Å². The molecule has 0 aliphatic rings. The zero-order chi connectivity index (χ0) is 9.14. The van der Waals surface area contributed by atoms with Crippen LogP contribution in [0.4, 0.5) is 0 Å². The van der Waals surface area contributed by atoms with Crippen molar-refractivity contribution in [2.75, 3.05) is 0 Å². The van der Waals surface area contributed by atoms with E-state index in [1.165, 1.54) is 10.9 Å². The van der Waals surface area contributed by atoms with E-state index in [9.17, 15) is 0 Å².